The van der Waals surface area contributed by atoms with Crippen LogP contribution in [0.5, 0.6) is 11.6 Å². The van der Waals surface area contributed by atoms with Crippen molar-refractivity contribution in [3.63, 3.8) is 0 Å². The summed E-state index contributed by atoms with van der Waals surface area (Å²) in [5.41, 5.74) is 1.19. The first-order chi connectivity index (χ1) is 10.7. The van der Waals surface area contributed by atoms with Crippen molar-refractivity contribution < 1.29 is 4.74 Å². The Bertz CT molecular complexity index is 986. The number of fused-ring (bicyclic) bond motifs is 2. The molecule has 0 aliphatic rings. The Morgan fingerprint density at radius 2 is 1.77 bits per heavy atom. The largest absolute Gasteiger partial charge is 0.438 e. The van der Waals surface area contributed by atoms with E-state index in [2.05, 4.69) is 42.0 Å². The summed E-state index contributed by atoms with van der Waals surface area (Å²) in [4.78, 5) is 10.9. The molecule has 0 N–H and O–H groups in total. The monoisotopic (exact) mass is 306 g/mol. The lowest BCUT2D eigenvalue weighted by atomic mass is 10.1. The van der Waals surface area contributed by atoms with E-state index in [1.54, 1.807) is 17.7 Å². The molecule has 0 bridgehead atoms. The summed E-state index contributed by atoms with van der Waals surface area (Å²) in [6, 6.07) is 14.3. The first kappa shape index (κ1) is 13.2. The highest BCUT2D eigenvalue weighted by atomic mass is 32.1. The van der Waals surface area contributed by atoms with Crippen molar-refractivity contribution >= 4 is 32.3 Å². The Hall–Kier alpha value is -2.46. The molecule has 0 spiro atoms. The summed E-state index contributed by atoms with van der Waals surface area (Å²) < 4.78 is 6.15. The van der Waals surface area contributed by atoms with E-state index in [-0.39, 0.29) is 0 Å². The van der Waals surface area contributed by atoms with Crippen LogP contribution < -0.4 is 4.74 Å². The molecule has 0 saturated carbocycles. The standard InChI is InChI=1S/C18H14N2OS/c1-11-12(2)22-18-16(11)17(19-10-20-18)21-15-9-5-7-13-6-3-4-8-14(13)15/h3-10H,1-2H3. The first-order valence-electron chi connectivity index (χ1n) is 7.10. The van der Waals surface area contributed by atoms with E-state index < -0.39 is 0 Å². The topological polar surface area (TPSA) is 35.0 Å². The molecule has 3 nitrogen and oxygen atoms in total. The maximum atomic E-state index is 6.15. The molecule has 4 heteroatoms. The highest BCUT2D eigenvalue weighted by Crippen LogP contribution is 2.37. The Balaban J connectivity index is 1.90. The van der Waals surface area contributed by atoms with Crippen LogP contribution in [0.1, 0.15) is 10.4 Å². The average molecular weight is 306 g/mol. The number of aryl methyl sites for hydroxylation is 2. The van der Waals surface area contributed by atoms with Gasteiger partial charge in [-0.15, -0.1) is 11.3 Å². The Morgan fingerprint density at radius 1 is 0.955 bits per heavy atom. The minimum Gasteiger partial charge on any atom is -0.438 e. The van der Waals surface area contributed by atoms with Crippen LogP contribution in [0.3, 0.4) is 0 Å². The molecule has 4 rings (SSSR count). The molecule has 0 aliphatic heterocycles. The predicted molar refractivity (Wildman–Crippen MR) is 90.9 cm³/mol. The Morgan fingerprint density at radius 3 is 2.68 bits per heavy atom. The number of rotatable bonds is 2. The lowest BCUT2D eigenvalue weighted by Crippen LogP contribution is -1.91. The fourth-order valence-electron chi connectivity index (χ4n) is 2.62. The van der Waals surface area contributed by atoms with Gasteiger partial charge in [-0.2, -0.15) is 0 Å². The van der Waals surface area contributed by atoms with Crippen LogP contribution in [-0.2, 0) is 0 Å². The SMILES string of the molecule is Cc1sc2ncnc(Oc3cccc4ccccc34)c2c1C. The van der Waals surface area contributed by atoms with Gasteiger partial charge in [0.15, 0.2) is 0 Å². The fraction of sp³-hybridized carbons (Fsp3) is 0.111. The lowest BCUT2D eigenvalue weighted by Gasteiger charge is -2.09. The van der Waals surface area contributed by atoms with Crippen molar-refractivity contribution in [2.24, 2.45) is 0 Å². The van der Waals surface area contributed by atoms with Crippen LogP contribution in [0.4, 0.5) is 0 Å². The molecule has 0 atom stereocenters. The number of hydrogen-bond donors (Lipinski definition) is 0. The second-order valence-electron chi connectivity index (χ2n) is 5.22. The van der Waals surface area contributed by atoms with Crippen LogP contribution in [0.15, 0.2) is 48.8 Å². The first-order valence-corrected chi connectivity index (χ1v) is 7.92. The second-order valence-corrected chi connectivity index (χ2v) is 6.42. The van der Waals surface area contributed by atoms with Crippen molar-refractivity contribution in [2.45, 2.75) is 13.8 Å². The lowest BCUT2D eigenvalue weighted by molar-refractivity contribution is 0.473. The van der Waals surface area contributed by atoms with E-state index >= 15 is 0 Å². The van der Waals surface area contributed by atoms with Crippen LogP contribution in [0.2, 0.25) is 0 Å². The zero-order valence-corrected chi connectivity index (χ0v) is 13.1. The third-order valence-corrected chi connectivity index (χ3v) is 5.00. The van der Waals surface area contributed by atoms with Gasteiger partial charge in [0.2, 0.25) is 5.88 Å². The summed E-state index contributed by atoms with van der Waals surface area (Å²) in [6.07, 6.45) is 1.57. The van der Waals surface area contributed by atoms with Gasteiger partial charge in [-0.1, -0.05) is 36.4 Å². The number of hydrogen-bond acceptors (Lipinski definition) is 4. The fourth-order valence-corrected chi connectivity index (χ4v) is 3.60. The molecule has 0 aliphatic carbocycles. The Kier molecular flexibility index (Phi) is 3.05. The molecule has 0 radical (unpaired) electrons. The quantitative estimate of drug-likeness (QED) is 0.507. The molecule has 0 unspecified atom stereocenters. The zero-order valence-electron chi connectivity index (χ0n) is 12.3. The molecule has 108 valence electrons. The number of ether oxygens (including phenoxy) is 1. The molecule has 0 fully saturated rings. The smallest absolute Gasteiger partial charge is 0.231 e. The van der Waals surface area contributed by atoms with Crippen molar-refractivity contribution in [1.82, 2.24) is 9.97 Å². The van der Waals surface area contributed by atoms with E-state index in [0.717, 1.165) is 26.7 Å². The zero-order chi connectivity index (χ0) is 15.1. The molecular weight excluding hydrogens is 292 g/mol. The van der Waals surface area contributed by atoms with Gasteiger partial charge < -0.3 is 4.74 Å². The van der Waals surface area contributed by atoms with Crippen LogP contribution in [0.25, 0.3) is 21.0 Å². The Labute approximate surface area is 132 Å². The summed E-state index contributed by atoms with van der Waals surface area (Å²) in [5, 5.41) is 3.25. The molecule has 0 saturated heterocycles. The van der Waals surface area contributed by atoms with Crippen molar-refractivity contribution in [2.75, 3.05) is 0 Å². The third-order valence-electron chi connectivity index (χ3n) is 3.89. The minimum absolute atomic E-state index is 0.628. The number of aromatic nitrogens is 2. The highest BCUT2D eigenvalue weighted by molar-refractivity contribution is 7.18. The van der Waals surface area contributed by atoms with Crippen molar-refractivity contribution in [1.29, 1.82) is 0 Å². The summed E-state index contributed by atoms with van der Waals surface area (Å²) in [5.74, 6) is 1.45. The molecule has 22 heavy (non-hydrogen) atoms. The van der Waals surface area contributed by atoms with E-state index in [0.29, 0.717) is 5.88 Å². The summed E-state index contributed by atoms with van der Waals surface area (Å²) >= 11 is 1.68. The number of benzene rings is 2. The van der Waals surface area contributed by atoms with Crippen LogP contribution in [-0.4, -0.2) is 9.97 Å². The molecule has 2 aromatic carbocycles. The maximum absolute atomic E-state index is 6.15. The molecule has 2 heterocycles. The van der Waals surface area contributed by atoms with Crippen LogP contribution >= 0.6 is 11.3 Å². The molecule has 4 aromatic rings. The van der Waals surface area contributed by atoms with Crippen molar-refractivity contribution in [3.8, 4) is 11.6 Å². The average Bonchev–Trinajstić information content (AvgIpc) is 2.83. The normalized spacial score (nSPS) is 11.2. The number of nitrogens with zero attached hydrogens (tertiary/aromatic N) is 2. The van der Waals surface area contributed by atoms with Gasteiger partial charge >= 0.3 is 0 Å². The van der Waals surface area contributed by atoms with Crippen LogP contribution in [0, 0.1) is 13.8 Å². The van der Waals surface area contributed by atoms with Gasteiger partial charge in [-0.3, -0.25) is 0 Å². The van der Waals surface area contributed by atoms with E-state index in [1.165, 1.54) is 10.4 Å². The van der Waals surface area contributed by atoms with Gasteiger partial charge in [0, 0.05) is 10.3 Å². The van der Waals surface area contributed by atoms with Gasteiger partial charge in [-0.05, 0) is 30.9 Å². The van der Waals surface area contributed by atoms with Crippen molar-refractivity contribution in [3.05, 3.63) is 59.2 Å². The minimum atomic E-state index is 0.628. The molecular formula is C18H14N2OS. The van der Waals surface area contributed by atoms with Gasteiger partial charge in [-0.25, -0.2) is 9.97 Å². The van der Waals surface area contributed by atoms with Gasteiger partial charge in [0.1, 0.15) is 16.9 Å². The van der Waals surface area contributed by atoms with E-state index in [4.69, 9.17) is 4.74 Å². The molecule has 2 aromatic heterocycles. The summed E-state index contributed by atoms with van der Waals surface area (Å²) in [6.45, 7) is 4.19. The second kappa shape index (κ2) is 5.07. The van der Waals surface area contributed by atoms with E-state index in [1.807, 2.05) is 24.3 Å². The molecule has 0 amide bonds. The van der Waals surface area contributed by atoms with Gasteiger partial charge in [0.05, 0.1) is 5.39 Å². The highest BCUT2D eigenvalue weighted by Gasteiger charge is 2.14. The third kappa shape index (κ3) is 2.04. The van der Waals surface area contributed by atoms with Gasteiger partial charge in [0.25, 0.3) is 0 Å². The number of thiophene rings is 1. The summed E-state index contributed by atoms with van der Waals surface area (Å²) in [7, 11) is 0. The maximum Gasteiger partial charge on any atom is 0.231 e. The predicted octanol–water partition coefficient (Wildman–Crippen LogP) is 5.25. The van der Waals surface area contributed by atoms with E-state index in [9.17, 15) is 0 Å².